The highest BCUT2D eigenvalue weighted by molar-refractivity contribution is 6.05. The molecule has 0 fully saturated rings. The van der Waals surface area contributed by atoms with Gasteiger partial charge in [0.25, 0.3) is 5.91 Å². The van der Waals surface area contributed by atoms with Crippen molar-refractivity contribution in [1.29, 1.82) is 0 Å². The smallest absolute Gasteiger partial charge is 0.253 e. The summed E-state index contributed by atoms with van der Waals surface area (Å²) < 4.78 is 0. The van der Waals surface area contributed by atoms with E-state index < -0.39 is 5.60 Å². The van der Waals surface area contributed by atoms with Crippen molar-refractivity contribution in [3.63, 3.8) is 0 Å². The van der Waals surface area contributed by atoms with Gasteiger partial charge in [0.05, 0.1) is 16.7 Å². The third-order valence-electron chi connectivity index (χ3n) is 3.22. The lowest BCUT2D eigenvalue weighted by molar-refractivity contribution is 0.0519. The summed E-state index contributed by atoms with van der Waals surface area (Å²) in [5.74, 6) is -0.170. The van der Waals surface area contributed by atoms with Crippen LogP contribution in [0.4, 0.5) is 0 Å². The van der Waals surface area contributed by atoms with Crippen LogP contribution in [0.15, 0.2) is 30.5 Å². The van der Waals surface area contributed by atoms with Gasteiger partial charge in [0.1, 0.15) is 0 Å². The molecule has 96 valence electrons. The van der Waals surface area contributed by atoms with Crippen molar-refractivity contribution in [3.8, 4) is 0 Å². The van der Waals surface area contributed by atoms with Crippen LogP contribution in [0.3, 0.4) is 0 Å². The van der Waals surface area contributed by atoms with Crippen LogP contribution in [0, 0.1) is 0 Å². The second kappa shape index (κ2) is 4.82. The molecule has 1 unspecified atom stereocenters. The Hall–Kier alpha value is -1.81. The molecule has 0 saturated carbocycles. The standard InChI is InChI=1S/C14H18N2O2/c1-3-14(2,18)9-16-13(17)11-6-4-5-10-7-8-15-12(10)11/h4-8,15,18H,3,9H2,1-2H3,(H,16,17). The molecule has 3 N–H and O–H groups in total. The molecule has 1 atom stereocenters. The number of aromatic amines is 1. The third-order valence-corrected chi connectivity index (χ3v) is 3.22. The van der Waals surface area contributed by atoms with E-state index in [1.54, 1.807) is 13.0 Å². The summed E-state index contributed by atoms with van der Waals surface area (Å²) in [6.45, 7) is 3.85. The number of hydrogen-bond acceptors (Lipinski definition) is 2. The maximum absolute atomic E-state index is 12.1. The molecule has 0 spiro atoms. The predicted molar refractivity (Wildman–Crippen MR) is 71.5 cm³/mol. The van der Waals surface area contributed by atoms with Crippen LogP contribution in [0.5, 0.6) is 0 Å². The Morgan fingerprint density at radius 2 is 2.22 bits per heavy atom. The number of para-hydroxylation sites is 1. The summed E-state index contributed by atoms with van der Waals surface area (Å²) in [6.07, 6.45) is 2.41. The highest BCUT2D eigenvalue weighted by Gasteiger charge is 2.19. The van der Waals surface area contributed by atoms with Gasteiger partial charge in [-0.05, 0) is 25.5 Å². The number of fused-ring (bicyclic) bond motifs is 1. The van der Waals surface area contributed by atoms with Gasteiger partial charge in [-0.3, -0.25) is 4.79 Å². The lowest BCUT2D eigenvalue weighted by Crippen LogP contribution is -2.40. The van der Waals surface area contributed by atoms with Crippen molar-refractivity contribution >= 4 is 16.8 Å². The molecule has 1 aromatic heterocycles. The summed E-state index contributed by atoms with van der Waals surface area (Å²) in [5, 5.41) is 13.6. The topological polar surface area (TPSA) is 65.1 Å². The number of rotatable bonds is 4. The van der Waals surface area contributed by atoms with Gasteiger partial charge in [0.2, 0.25) is 0 Å². The number of nitrogens with one attached hydrogen (secondary N) is 2. The van der Waals surface area contributed by atoms with E-state index in [1.165, 1.54) is 0 Å². The minimum absolute atomic E-state index is 0.170. The molecule has 4 nitrogen and oxygen atoms in total. The normalized spacial score (nSPS) is 14.4. The van der Waals surface area contributed by atoms with E-state index in [2.05, 4.69) is 10.3 Å². The minimum Gasteiger partial charge on any atom is -0.388 e. The van der Waals surface area contributed by atoms with Crippen molar-refractivity contribution in [2.45, 2.75) is 25.9 Å². The molecule has 0 aliphatic rings. The molecule has 1 amide bonds. The van der Waals surface area contributed by atoms with Crippen molar-refractivity contribution in [2.75, 3.05) is 6.54 Å². The fraction of sp³-hybridized carbons (Fsp3) is 0.357. The maximum atomic E-state index is 12.1. The fourth-order valence-corrected chi connectivity index (χ4v) is 1.77. The minimum atomic E-state index is -0.862. The van der Waals surface area contributed by atoms with Gasteiger partial charge < -0.3 is 15.4 Å². The van der Waals surface area contributed by atoms with Gasteiger partial charge in [-0.2, -0.15) is 0 Å². The zero-order valence-electron chi connectivity index (χ0n) is 10.7. The number of carbonyl (C=O) groups excluding carboxylic acids is 1. The number of aromatic nitrogens is 1. The highest BCUT2D eigenvalue weighted by atomic mass is 16.3. The number of benzene rings is 1. The van der Waals surface area contributed by atoms with Crippen molar-refractivity contribution < 1.29 is 9.90 Å². The van der Waals surface area contributed by atoms with Gasteiger partial charge in [0.15, 0.2) is 0 Å². The van der Waals surface area contributed by atoms with Crippen LogP contribution in [0.2, 0.25) is 0 Å². The van der Waals surface area contributed by atoms with Crippen molar-refractivity contribution in [3.05, 3.63) is 36.0 Å². The average molecular weight is 246 g/mol. The molecule has 0 aliphatic carbocycles. The fourth-order valence-electron chi connectivity index (χ4n) is 1.77. The SMILES string of the molecule is CCC(C)(O)CNC(=O)c1cccc2cc[nH]c12. The molecular formula is C14H18N2O2. The van der Waals surface area contributed by atoms with Crippen LogP contribution in [-0.4, -0.2) is 28.1 Å². The van der Waals surface area contributed by atoms with Crippen molar-refractivity contribution in [2.24, 2.45) is 0 Å². The summed E-state index contributed by atoms with van der Waals surface area (Å²) in [6, 6.07) is 7.50. The monoisotopic (exact) mass is 246 g/mol. The van der Waals surface area contributed by atoms with Gasteiger partial charge >= 0.3 is 0 Å². The van der Waals surface area contributed by atoms with E-state index in [9.17, 15) is 9.90 Å². The first kappa shape index (κ1) is 12.6. The number of aliphatic hydroxyl groups is 1. The Balaban J connectivity index is 2.17. The van der Waals surface area contributed by atoms with Crippen molar-refractivity contribution in [1.82, 2.24) is 10.3 Å². The van der Waals surface area contributed by atoms with E-state index >= 15 is 0 Å². The van der Waals surface area contributed by atoms with E-state index in [0.717, 1.165) is 10.9 Å². The lowest BCUT2D eigenvalue weighted by Gasteiger charge is -2.21. The molecule has 0 saturated heterocycles. The number of carbonyl (C=O) groups is 1. The molecule has 0 radical (unpaired) electrons. The summed E-state index contributed by atoms with van der Waals surface area (Å²) in [5.41, 5.74) is 0.565. The van der Waals surface area contributed by atoms with E-state index in [4.69, 9.17) is 0 Å². The third kappa shape index (κ3) is 2.54. The first-order chi connectivity index (χ1) is 8.53. The summed E-state index contributed by atoms with van der Waals surface area (Å²) >= 11 is 0. The largest absolute Gasteiger partial charge is 0.388 e. The van der Waals surface area contributed by atoms with Gasteiger partial charge in [-0.15, -0.1) is 0 Å². The first-order valence-corrected chi connectivity index (χ1v) is 6.10. The Morgan fingerprint density at radius 1 is 1.44 bits per heavy atom. The predicted octanol–water partition coefficient (Wildman–Crippen LogP) is 2.06. The van der Waals surface area contributed by atoms with E-state index in [0.29, 0.717) is 12.0 Å². The lowest BCUT2D eigenvalue weighted by atomic mass is 10.0. The average Bonchev–Trinajstić information content (AvgIpc) is 2.84. The molecule has 0 aliphatic heterocycles. The Bertz CT molecular complexity index is 558. The molecular weight excluding hydrogens is 228 g/mol. The molecule has 1 heterocycles. The van der Waals surface area contributed by atoms with Crippen LogP contribution < -0.4 is 5.32 Å². The molecule has 2 rings (SSSR count). The van der Waals surface area contributed by atoms with Crippen LogP contribution >= 0.6 is 0 Å². The van der Waals surface area contributed by atoms with Gasteiger partial charge in [-0.1, -0.05) is 19.1 Å². The molecule has 18 heavy (non-hydrogen) atoms. The second-order valence-corrected chi connectivity index (χ2v) is 4.78. The summed E-state index contributed by atoms with van der Waals surface area (Å²) in [7, 11) is 0. The van der Waals surface area contributed by atoms with Crippen LogP contribution in [-0.2, 0) is 0 Å². The molecule has 2 aromatic rings. The van der Waals surface area contributed by atoms with E-state index in [-0.39, 0.29) is 12.5 Å². The van der Waals surface area contributed by atoms with Crippen LogP contribution in [0.1, 0.15) is 30.6 Å². The van der Waals surface area contributed by atoms with Gasteiger partial charge in [-0.25, -0.2) is 0 Å². The summed E-state index contributed by atoms with van der Waals surface area (Å²) in [4.78, 5) is 15.1. The number of H-pyrrole nitrogens is 1. The molecule has 1 aromatic carbocycles. The molecule has 4 heteroatoms. The van der Waals surface area contributed by atoms with E-state index in [1.807, 2.05) is 31.3 Å². The Morgan fingerprint density at radius 3 is 2.94 bits per heavy atom. The quantitative estimate of drug-likeness (QED) is 0.773. The zero-order chi connectivity index (χ0) is 13.2. The van der Waals surface area contributed by atoms with Crippen LogP contribution in [0.25, 0.3) is 10.9 Å². The second-order valence-electron chi connectivity index (χ2n) is 4.78. The number of amides is 1. The Labute approximate surface area is 106 Å². The maximum Gasteiger partial charge on any atom is 0.253 e. The zero-order valence-corrected chi connectivity index (χ0v) is 10.7. The Kier molecular flexibility index (Phi) is 3.39. The highest BCUT2D eigenvalue weighted by Crippen LogP contribution is 2.17. The first-order valence-electron chi connectivity index (χ1n) is 6.10. The number of hydrogen-bond donors (Lipinski definition) is 3. The molecule has 0 bridgehead atoms. The van der Waals surface area contributed by atoms with Gasteiger partial charge in [0, 0.05) is 18.1 Å².